The molecule has 0 saturated heterocycles. The molecule has 0 aliphatic heterocycles. The van der Waals surface area contributed by atoms with Crippen LogP contribution in [0.2, 0.25) is 5.02 Å². The van der Waals surface area contributed by atoms with E-state index in [1.807, 2.05) is 54.6 Å². The number of hydrogen-bond donors (Lipinski definition) is 1. The highest BCUT2D eigenvalue weighted by Crippen LogP contribution is 2.36. The Morgan fingerprint density at radius 3 is 2.55 bits per heavy atom. The first kappa shape index (κ1) is 19.6. The lowest BCUT2D eigenvalue weighted by Crippen LogP contribution is -2.33. The Bertz CT molecular complexity index is 1310. The minimum Gasteiger partial charge on any atom is -0.350 e. The summed E-state index contributed by atoms with van der Waals surface area (Å²) in [4.78, 5) is 25.6. The van der Waals surface area contributed by atoms with Gasteiger partial charge in [0.15, 0.2) is 5.82 Å². The van der Waals surface area contributed by atoms with Crippen LogP contribution in [0.15, 0.2) is 71.5 Å². The van der Waals surface area contributed by atoms with Gasteiger partial charge in [-0.1, -0.05) is 54.1 Å². The summed E-state index contributed by atoms with van der Waals surface area (Å²) in [6, 6.07) is 21.4. The highest BCUT2D eigenvalue weighted by molar-refractivity contribution is 6.30. The number of nitrogens with zero attached hydrogens (tertiary/aromatic N) is 3. The van der Waals surface area contributed by atoms with Gasteiger partial charge in [0.2, 0.25) is 5.91 Å². The molecule has 0 unspecified atom stereocenters. The smallest absolute Gasteiger partial charge is 0.346 e. The van der Waals surface area contributed by atoms with Crippen molar-refractivity contribution in [2.45, 2.75) is 32.0 Å². The van der Waals surface area contributed by atoms with Gasteiger partial charge < -0.3 is 5.32 Å². The third-order valence-corrected chi connectivity index (χ3v) is 5.79. The lowest BCUT2D eigenvalue weighted by atomic mass is 10.0. The van der Waals surface area contributed by atoms with Crippen molar-refractivity contribution in [3.05, 3.63) is 87.8 Å². The standard InChI is InChI=1S/C24H21ClN4O2/c25-19-10-8-17(9-11-19)23-27-28(24(31)29(23)20-12-13-20)15-22(30)26-14-18-6-3-5-16-4-1-2-7-21(16)18/h1-11,20H,12-15H2,(H,26,30). The Hall–Kier alpha value is -3.38. The van der Waals surface area contributed by atoms with Crippen LogP contribution in [0.4, 0.5) is 0 Å². The Kier molecular flexibility index (Phi) is 5.08. The fraction of sp³-hybridized carbons (Fsp3) is 0.208. The Balaban J connectivity index is 1.36. The number of amides is 1. The van der Waals surface area contributed by atoms with E-state index in [0.717, 1.165) is 34.7 Å². The summed E-state index contributed by atoms with van der Waals surface area (Å²) in [5, 5.41) is 10.3. The van der Waals surface area contributed by atoms with Gasteiger partial charge in [-0.3, -0.25) is 9.36 Å². The maximum absolute atomic E-state index is 13.0. The van der Waals surface area contributed by atoms with Crippen molar-refractivity contribution in [2.24, 2.45) is 0 Å². The molecule has 7 heteroatoms. The molecule has 1 amide bonds. The summed E-state index contributed by atoms with van der Waals surface area (Å²) in [7, 11) is 0. The van der Waals surface area contributed by atoms with E-state index in [4.69, 9.17) is 11.6 Å². The number of carbonyl (C=O) groups excluding carboxylic acids is 1. The van der Waals surface area contributed by atoms with Gasteiger partial charge in [-0.05, 0) is 53.4 Å². The zero-order chi connectivity index (χ0) is 21.4. The number of hydrogen-bond acceptors (Lipinski definition) is 3. The van der Waals surface area contributed by atoms with Crippen LogP contribution in [0.25, 0.3) is 22.2 Å². The molecular formula is C24H21ClN4O2. The zero-order valence-corrected chi connectivity index (χ0v) is 17.5. The van der Waals surface area contributed by atoms with Crippen molar-refractivity contribution in [3.63, 3.8) is 0 Å². The van der Waals surface area contributed by atoms with Crippen LogP contribution in [0.1, 0.15) is 24.4 Å². The first-order valence-electron chi connectivity index (χ1n) is 10.3. The van der Waals surface area contributed by atoms with Gasteiger partial charge in [0.05, 0.1) is 0 Å². The van der Waals surface area contributed by atoms with Crippen LogP contribution in [-0.4, -0.2) is 20.3 Å². The van der Waals surface area contributed by atoms with Gasteiger partial charge in [-0.2, -0.15) is 0 Å². The first-order chi connectivity index (χ1) is 15.1. The lowest BCUT2D eigenvalue weighted by molar-refractivity contribution is -0.122. The SMILES string of the molecule is O=C(Cn1nc(-c2ccc(Cl)cc2)n(C2CC2)c1=O)NCc1cccc2ccccc12. The van der Waals surface area contributed by atoms with E-state index in [0.29, 0.717) is 17.4 Å². The maximum atomic E-state index is 13.0. The van der Waals surface area contributed by atoms with E-state index in [-0.39, 0.29) is 24.2 Å². The molecule has 1 saturated carbocycles. The van der Waals surface area contributed by atoms with Gasteiger partial charge in [-0.15, -0.1) is 5.10 Å². The second kappa shape index (κ2) is 8.04. The Labute approximate surface area is 184 Å². The third kappa shape index (κ3) is 3.99. The highest BCUT2D eigenvalue weighted by Gasteiger charge is 2.30. The fourth-order valence-corrected chi connectivity index (χ4v) is 3.94. The van der Waals surface area contributed by atoms with Gasteiger partial charge >= 0.3 is 5.69 Å². The number of nitrogens with one attached hydrogen (secondary N) is 1. The van der Waals surface area contributed by atoms with Crippen molar-refractivity contribution in [3.8, 4) is 11.4 Å². The van der Waals surface area contributed by atoms with E-state index in [9.17, 15) is 9.59 Å². The Morgan fingerprint density at radius 1 is 1.03 bits per heavy atom. The van der Waals surface area contributed by atoms with Crippen molar-refractivity contribution in [2.75, 3.05) is 0 Å². The van der Waals surface area contributed by atoms with Crippen molar-refractivity contribution in [1.82, 2.24) is 19.7 Å². The molecule has 0 spiro atoms. The second-order valence-electron chi connectivity index (χ2n) is 7.79. The van der Waals surface area contributed by atoms with Gasteiger partial charge in [0.1, 0.15) is 6.54 Å². The molecular weight excluding hydrogens is 412 g/mol. The van der Waals surface area contributed by atoms with Gasteiger partial charge in [0.25, 0.3) is 0 Å². The quantitative estimate of drug-likeness (QED) is 0.497. The monoisotopic (exact) mass is 432 g/mol. The van der Waals surface area contributed by atoms with Crippen LogP contribution in [0, 0.1) is 0 Å². The summed E-state index contributed by atoms with van der Waals surface area (Å²) in [5.41, 5.74) is 1.58. The largest absolute Gasteiger partial charge is 0.350 e. The van der Waals surface area contributed by atoms with Crippen molar-refractivity contribution < 1.29 is 4.79 Å². The fourth-order valence-electron chi connectivity index (χ4n) is 3.81. The maximum Gasteiger partial charge on any atom is 0.346 e. The predicted molar refractivity (Wildman–Crippen MR) is 121 cm³/mol. The molecule has 6 nitrogen and oxygen atoms in total. The summed E-state index contributed by atoms with van der Waals surface area (Å²) >= 11 is 5.99. The average molecular weight is 433 g/mol. The predicted octanol–water partition coefficient (Wildman–Crippen LogP) is 4.17. The summed E-state index contributed by atoms with van der Waals surface area (Å²) in [5.74, 6) is 0.323. The zero-order valence-electron chi connectivity index (χ0n) is 16.8. The number of aromatic nitrogens is 3. The highest BCUT2D eigenvalue weighted by atomic mass is 35.5. The number of benzene rings is 3. The van der Waals surface area contributed by atoms with Crippen LogP contribution in [0.5, 0.6) is 0 Å². The second-order valence-corrected chi connectivity index (χ2v) is 8.22. The first-order valence-corrected chi connectivity index (χ1v) is 10.7. The number of carbonyl (C=O) groups is 1. The molecule has 1 heterocycles. The van der Waals surface area contributed by atoms with Crippen LogP contribution >= 0.6 is 11.6 Å². The van der Waals surface area contributed by atoms with E-state index in [2.05, 4.69) is 10.4 Å². The molecule has 1 fully saturated rings. The van der Waals surface area contributed by atoms with Crippen molar-refractivity contribution in [1.29, 1.82) is 0 Å². The topological polar surface area (TPSA) is 68.9 Å². The van der Waals surface area contributed by atoms with Gasteiger partial charge in [-0.25, -0.2) is 9.48 Å². The molecule has 156 valence electrons. The van der Waals surface area contributed by atoms with Crippen molar-refractivity contribution >= 4 is 28.3 Å². The van der Waals surface area contributed by atoms with Crippen LogP contribution < -0.4 is 11.0 Å². The van der Waals surface area contributed by atoms with Crippen LogP contribution in [-0.2, 0) is 17.9 Å². The summed E-state index contributed by atoms with van der Waals surface area (Å²) < 4.78 is 2.95. The Morgan fingerprint density at radius 2 is 1.77 bits per heavy atom. The normalized spacial score (nSPS) is 13.5. The lowest BCUT2D eigenvalue weighted by Gasteiger charge is -2.08. The molecule has 0 radical (unpaired) electrons. The van der Waals surface area contributed by atoms with E-state index in [1.54, 1.807) is 16.7 Å². The molecule has 1 N–H and O–H groups in total. The number of fused-ring (bicyclic) bond motifs is 1. The summed E-state index contributed by atoms with van der Waals surface area (Å²) in [6.45, 7) is 0.270. The summed E-state index contributed by atoms with van der Waals surface area (Å²) in [6.07, 6.45) is 1.89. The third-order valence-electron chi connectivity index (χ3n) is 5.53. The molecule has 5 rings (SSSR count). The van der Waals surface area contributed by atoms with Crippen LogP contribution in [0.3, 0.4) is 0 Å². The minimum absolute atomic E-state index is 0.121. The molecule has 1 aliphatic rings. The molecule has 1 aliphatic carbocycles. The molecule has 0 atom stereocenters. The van der Waals surface area contributed by atoms with E-state index >= 15 is 0 Å². The number of halogens is 1. The molecule has 31 heavy (non-hydrogen) atoms. The molecule has 3 aromatic carbocycles. The van der Waals surface area contributed by atoms with E-state index < -0.39 is 0 Å². The van der Waals surface area contributed by atoms with E-state index in [1.165, 1.54) is 4.68 Å². The molecule has 0 bridgehead atoms. The number of rotatable bonds is 6. The average Bonchev–Trinajstić information content (AvgIpc) is 3.57. The minimum atomic E-state index is -0.257. The van der Waals surface area contributed by atoms with Gasteiger partial charge in [0, 0.05) is 23.2 Å². The molecule has 4 aromatic rings. The molecule has 1 aromatic heterocycles.